The third-order valence-electron chi connectivity index (χ3n) is 3.63. The third kappa shape index (κ3) is 4.14. The van der Waals surface area contributed by atoms with E-state index in [4.69, 9.17) is 4.52 Å². The van der Waals surface area contributed by atoms with Gasteiger partial charge in [-0.2, -0.15) is 4.98 Å². The Labute approximate surface area is 143 Å². The molecule has 2 heterocycles. The monoisotopic (exact) mass is 345 g/mol. The summed E-state index contributed by atoms with van der Waals surface area (Å²) in [6, 6.07) is 5.87. The quantitative estimate of drug-likeness (QED) is 0.661. The Morgan fingerprint density at radius 2 is 1.92 bits per heavy atom. The predicted octanol–water partition coefficient (Wildman–Crippen LogP) is 3.41. The van der Waals surface area contributed by atoms with Crippen molar-refractivity contribution in [3.63, 3.8) is 0 Å². The van der Waals surface area contributed by atoms with Gasteiger partial charge in [0.05, 0.1) is 5.69 Å². The van der Waals surface area contributed by atoms with E-state index >= 15 is 0 Å². The van der Waals surface area contributed by atoms with Crippen LogP contribution in [0.4, 0.5) is 14.6 Å². The summed E-state index contributed by atoms with van der Waals surface area (Å²) in [4.78, 5) is 12.1. The molecule has 1 N–H and O–H groups in total. The van der Waals surface area contributed by atoms with Crippen molar-refractivity contribution in [1.82, 2.24) is 20.1 Å². The zero-order chi connectivity index (χ0) is 17.6. The summed E-state index contributed by atoms with van der Waals surface area (Å²) >= 11 is 0. The second-order valence-corrected chi connectivity index (χ2v) is 5.39. The van der Waals surface area contributed by atoms with E-state index in [1.807, 2.05) is 6.92 Å². The minimum absolute atomic E-state index is 0.199. The van der Waals surface area contributed by atoms with Crippen LogP contribution in [-0.2, 0) is 12.8 Å². The number of nitrogens with one attached hydrogen (secondary N) is 1. The second-order valence-electron chi connectivity index (χ2n) is 5.39. The van der Waals surface area contributed by atoms with Crippen molar-refractivity contribution in [2.75, 3.05) is 11.9 Å². The van der Waals surface area contributed by atoms with Gasteiger partial charge in [0.25, 0.3) is 0 Å². The van der Waals surface area contributed by atoms with Crippen molar-refractivity contribution in [3.05, 3.63) is 53.8 Å². The van der Waals surface area contributed by atoms with Crippen molar-refractivity contribution in [2.45, 2.75) is 26.2 Å². The Kier molecular flexibility index (Phi) is 5.27. The van der Waals surface area contributed by atoms with Crippen molar-refractivity contribution >= 4 is 5.82 Å². The fourth-order valence-electron chi connectivity index (χ4n) is 2.30. The largest absolute Gasteiger partial charge is 0.368 e. The average molecular weight is 345 g/mol. The lowest BCUT2D eigenvalue weighted by Gasteiger charge is -2.07. The summed E-state index contributed by atoms with van der Waals surface area (Å²) in [5.74, 6) is 0.350. The Balaban J connectivity index is 1.52. The first-order valence-corrected chi connectivity index (χ1v) is 7.99. The Hall–Kier alpha value is -2.90. The first kappa shape index (κ1) is 16.9. The van der Waals surface area contributed by atoms with E-state index in [0.29, 0.717) is 48.8 Å². The van der Waals surface area contributed by atoms with Gasteiger partial charge in [0.2, 0.25) is 11.7 Å². The molecule has 0 saturated heterocycles. The van der Waals surface area contributed by atoms with Gasteiger partial charge in [-0.15, -0.1) is 0 Å². The van der Waals surface area contributed by atoms with Crippen LogP contribution in [0.2, 0.25) is 0 Å². The van der Waals surface area contributed by atoms with Gasteiger partial charge >= 0.3 is 0 Å². The van der Waals surface area contributed by atoms with Gasteiger partial charge in [-0.25, -0.2) is 18.7 Å². The first-order valence-electron chi connectivity index (χ1n) is 7.99. The smallest absolute Gasteiger partial charge is 0.227 e. The molecule has 8 heteroatoms. The number of hydrogen-bond donors (Lipinski definition) is 1. The highest BCUT2D eigenvalue weighted by atomic mass is 19.1. The molecule has 3 rings (SSSR count). The number of rotatable bonds is 7. The van der Waals surface area contributed by atoms with E-state index in [2.05, 4.69) is 25.4 Å². The fourth-order valence-corrected chi connectivity index (χ4v) is 2.30. The minimum atomic E-state index is -0.415. The van der Waals surface area contributed by atoms with Gasteiger partial charge in [-0.3, -0.25) is 0 Å². The molecule has 130 valence electrons. The van der Waals surface area contributed by atoms with Crippen molar-refractivity contribution < 1.29 is 13.3 Å². The number of halogens is 2. The van der Waals surface area contributed by atoms with Crippen LogP contribution >= 0.6 is 0 Å². The van der Waals surface area contributed by atoms with E-state index in [1.54, 1.807) is 12.1 Å². The fraction of sp³-hybridized carbons (Fsp3) is 0.294. The topological polar surface area (TPSA) is 76.7 Å². The molecular formula is C17H17F2N5O. The third-order valence-corrected chi connectivity index (χ3v) is 3.63. The van der Waals surface area contributed by atoms with Crippen LogP contribution in [0, 0.1) is 11.6 Å². The molecule has 0 fully saturated rings. The number of nitrogens with zero attached hydrogens (tertiary/aromatic N) is 4. The molecule has 0 aliphatic rings. The molecule has 0 amide bonds. The summed E-state index contributed by atoms with van der Waals surface area (Å²) in [6.07, 6.45) is 3.05. The lowest BCUT2D eigenvalue weighted by Crippen LogP contribution is -2.09. The van der Waals surface area contributed by atoms with Crippen molar-refractivity contribution in [3.8, 4) is 11.4 Å². The van der Waals surface area contributed by atoms with E-state index in [0.717, 1.165) is 0 Å². The molecule has 2 aromatic heterocycles. The molecular weight excluding hydrogens is 328 g/mol. The normalized spacial score (nSPS) is 10.8. The second kappa shape index (κ2) is 7.78. The highest BCUT2D eigenvalue weighted by Gasteiger charge is 2.10. The maximum atomic E-state index is 14.0. The molecule has 3 aromatic rings. The van der Waals surface area contributed by atoms with Crippen molar-refractivity contribution in [2.24, 2.45) is 0 Å². The van der Waals surface area contributed by atoms with Gasteiger partial charge in [0.1, 0.15) is 12.1 Å². The highest BCUT2D eigenvalue weighted by molar-refractivity contribution is 5.53. The molecule has 0 unspecified atom stereocenters. The molecule has 0 bridgehead atoms. The summed E-state index contributed by atoms with van der Waals surface area (Å²) < 4.78 is 32.1. The van der Waals surface area contributed by atoms with Crippen LogP contribution in [0.1, 0.15) is 24.9 Å². The Morgan fingerprint density at radius 1 is 1.12 bits per heavy atom. The van der Waals surface area contributed by atoms with Crippen LogP contribution in [0.3, 0.4) is 0 Å². The number of aromatic nitrogens is 4. The molecule has 0 saturated carbocycles. The maximum Gasteiger partial charge on any atom is 0.227 e. The lowest BCUT2D eigenvalue weighted by molar-refractivity contribution is 0.377. The summed E-state index contributed by atoms with van der Waals surface area (Å²) in [6.45, 7) is 2.34. The average Bonchev–Trinajstić information content (AvgIpc) is 3.09. The highest BCUT2D eigenvalue weighted by Crippen LogP contribution is 2.17. The number of anilines is 1. The maximum absolute atomic E-state index is 14.0. The zero-order valence-electron chi connectivity index (χ0n) is 13.7. The van der Waals surface area contributed by atoms with Gasteiger partial charge in [0.15, 0.2) is 11.6 Å². The molecule has 25 heavy (non-hydrogen) atoms. The van der Waals surface area contributed by atoms with Crippen LogP contribution in [0.15, 0.2) is 35.1 Å². The van der Waals surface area contributed by atoms with Gasteiger partial charge in [-0.05, 0) is 37.1 Å². The lowest BCUT2D eigenvalue weighted by atomic mass is 10.2. The standard InChI is InChI=1S/C17H17F2N5O/c1-2-13-15(19)17(22-10-21-13)20-9-3-4-14-23-16(24-25-14)11-5-7-12(18)8-6-11/h5-8,10H,2-4,9H2,1H3,(H,20,21,22). The van der Waals surface area contributed by atoms with Crippen LogP contribution in [0.25, 0.3) is 11.4 Å². The molecule has 0 spiro atoms. The summed E-state index contributed by atoms with van der Waals surface area (Å²) in [5, 5.41) is 6.83. The van der Waals surface area contributed by atoms with E-state index in [1.165, 1.54) is 18.5 Å². The van der Waals surface area contributed by atoms with Gasteiger partial charge in [0, 0.05) is 18.5 Å². The molecule has 0 aliphatic heterocycles. The molecule has 6 nitrogen and oxygen atoms in total. The molecule has 0 radical (unpaired) electrons. The summed E-state index contributed by atoms with van der Waals surface area (Å²) in [5.41, 5.74) is 1.07. The van der Waals surface area contributed by atoms with E-state index in [-0.39, 0.29) is 11.6 Å². The Bertz CT molecular complexity index is 835. The van der Waals surface area contributed by atoms with Crippen molar-refractivity contribution in [1.29, 1.82) is 0 Å². The number of hydrogen-bond acceptors (Lipinski definition) is 6. The predicted molar refractivity (Wildman–Crippen MR) is 87.9 cm³/mol. The first-order chi connectivity index (χ1) is 12.2. The molecule has 1 aromatic carbocycles. The molecule has 0 aliphatic carbocycles. The van der Waals surface area contributed by atoms with E-state index < -0.39 is 5.82 Å². The SMILES string of the molecule is CCc1ncnc(NCCCc2nc(-c3ccc(F)cc3)no2)c1F. The van der Waals surface area contributed by atoms with Gasteiger partial charge in [-0.1, -0.05) is 12.1 Å². The summed E-state index contributed by atoms with van der Waals surface area (Å²) in [7, 11) is 0. The Morgan fingerprint density at radius 3 is 2.68 bits per heavy atom. The van der Waals surface area contributed by atoms with Gasteiger partial charge < -0.3 is 9.84 Å². The number of aryl methyl sites for hydroxylation is 2. The van der Waals surface area contributed by atoms with Crippen LogP contribution in [0.5, 0.6) is 0 Å². The zero-order valence-corrected chi connectivity index (χ0v) is 13.7. The van der Waals surface area contributed by atoms with Crippen LogP contribution < -0.4 is 5.32 Å². The van der Waals surface area contributed by atoms with E-state index in [9.17, 15) is 8.78 Å². The minimum Gasteiger partial charge on any atom is -0.368 e. The molecule has 0 atom stereocenters. The number of benzene rings is 1. The van der Waals surface area contributed by atoms with Crippen LogP contribution in [-0.4, -0.2) is 26.7 Å².